The van der Waals surface area contributed by atoms with Gasteiger partial charge in [-0.2, -0.15) is 0 Å². The molecule has 0 spiro atoms. The minimum atomic E-state index is -0.984. The summed E-state index contributed by atoms with van der Waals surface area (Å²) in [6.45, 7) is 7.65. The Labute approximate surface area is 109 Å². The zero-order chi connectivity index (χ0) is 14.3. The monoisotopic (exact) mass is 258 g/mol. The predicted octanol–water partition coefficient (Wildman–Crippen LogP) is 1.46. The minimum Gasteiger partial charge on any atom is -0.480 e. The summed E-state index contributed by atoms with van der Waals surface area (Å²) in [6, 6.07) is -0.0855. The Morgan fingerprint density at radius 1 is 1.28 bits per heavy atom. The molecule has 0 aromatic heterocycles. The van der Waals surface area contributed by atoms with Crippen molar-refractivity contribution in [1.82, 2.24) is 4.90 Å². The number of nitrogens with two attached hydrogens (primary N) is 1. The van der Waals surface area contributed by atoms with Crippen molar-refractivity contribution >= 4 is 11.9 Å². The molecule has 106 valence electrons. The number of aliphatic carboxylic acids is 1. The Balaban J connectivity index is 5.21. The van der Waals surface area contributed by atoms with E-state index in [1.165, 1.54) is 4.90 Å². The molecule has 1 amide bonds. The second-order valence-corrected chi connectivity index (χ2v) is 4.78. The summed E-state index contributed by atoms with van der Waals surface area (Å²) in [5, 5.41) is 8.94. The lowest BCUT2D eigenvalue weighted by atomic mass is 9.80. The fourth-order valence-electron chi connectivity index (χ4n) is 2.03. The molecule has 0 aliphatic heterocycles. The summed E-state index contributed by atoms with van der Waals surface area (Å²) in [5.41, 5.74) is 5.12. The van der Waals surface area contributed by atoms with Crippen molar-refractivity contribution in [3.05, 3.63) is 0 Å². The maximum Gasteiger partial charge on any atom is 0.323 e. The van der Waals surface area contributed by atoms with E-state index in [1.54, 1.807) is 0 Å². The molecule has 0 saturated carbocycles. The van der Waals surface area contributed by atoms with Crippen molar-refractivity contribution in [3.8, 4) is 0 Å². The second-order valence-electron chi connectivity index (χ2n) is 4.78. The molecule has 0 aliphatic rings. The maximum atomic E-state index is 12.6. The van der Waals surface area contributed by atoms with E-state index in [-0.39, 0.29) is 25.0 Å². The van der Waals surface area contributed by atoms with E-state index in [1.807, 2.05) is 27.7 Å². The van der Waals surface area contributed by atoms with Crippen molar-refractivity contribution < 1.29 is 14.7 Å². The number of hydrogen-bond donors (Lipinski definition) is 2. The van der Waals surface area contributed by atoms with Crippen LogP contribution in [0.15, 0.2) is 0 Å². The molecule has 0 bridgehead atoms. The molecule has 0 aromatic carbocycles. The number of amides is 1. The zero-order valence-electron chi connectivity index (χ0n) is 11.9. The van der Waals surface area contributed by atoms with Gasteiger partial charge in [-0.3, -0.25) is 9.59 Å². The smallest absolute Gasteiger partial charge is 0.323 e. The number of rotatable bonds is 8. The van der Waals surface area contributed by atoms with Crippen molar-refractivity contribution in [2.24, 2.45) is 11.1 Å². The van der Waals surface area contributed by atoms with E-state index in [0.717, 1.165) is 6.42 Å². The standard InChI is InChI=1S/C13H26N2O3/c1-5-10(4)15(8-11(16)17)12(18)13(6-2,7-3)9-14/h10H,5-9,14H2,1-4H3,(H,16,17). The van der Waals surface area contributed by atoms with E-state index < -0.39 is 11.4 Å². The maximum absolute atomic E-state index is 12.6. The molecule has 1 atom stereocenters. The van der Waals surface area contributed by atoms with Gasteiger partial charge in [-0.15, -0.1) is 0 Å². The van der Waals surface area contributed by atoms with Gasteiger partial charge in [-0.1, -0.05) is 20.8 Å². The number of carboxylic acids is 1. The third-order valence-corrected chi connectivity index (χ3v) is 3.89. The van der Waals surface area contributed by atoms with Crippen LogP contribution in [0.25, 0.3) is 0 Å². The Morgan fingerprint density at radius 2 is 1.78 bits per heavy atom. The van der Waals surface area contributed by atoms with Gasteiger partial charge in [-0.05, 0) is 26.2 Å². The molecule has 0 saturated heterocycles. The van der Waals surface area contributed by atoms with Crippen LogP contribution in [-0.4, -0.2) is 41.0 Å². The summed E-state index contributed by atoms with van der Waals surface area (Å²) >= 11 is 0. The van der Waals surface area contributed by atoms with Crippen LogP contribution in [0, 0.1) is 5.41 Å². The molecule has 3 N–H and O–H groups in total. The number of carbonyl (C=O) groups excluding carboxylic acids is 1. The van der Waals surface area contributed by atoms with E-state index in [2.05, 4.69) is 0 Å². The van der Waals surface area contributed by atoms with E-state index >= 15 is 0 Å². The van der Waals surface area contributed by atoms with Gasteiger partial charge in [0, 0.05) is 12.6 Å². The molecule has 0 fully saturated rings. The van der Waals surface area contributed by atoms with E-state index in [4.69, 9.17) is 10.8 Å². The van der Waals surface area contributed by atoms with Gasteiger partial charge in [0.05, 0.1) is 5.41 Å². The number of hydrogen-bond acceptors (Lipinski definition) is 3. The van der Waals surface area contributed by atoms with Crippen LogP contribution in [0.2, 0.25) is 0 Å². The first kappa shape index (κ1) is 16.9. The molecule has 0 aromatic rings. The highest BCUT2D eigenvalue weighted by molar-refractivity contribution is 5.86. The summed E-state index contributed by atoms with van der Waals surface area (Å²) < 4.78 is 0. The first-order chi connectivity index (χ1) is 8.38. The van der Waals surface area contributed by atoms with Crippen LogP contribution in [-0.2, 0) is 9.59 Å². The normalized spacial score (nSPS) is 13.2. The predicted molar refractivity (Wildman–Crippen MR) is 71.2 cm³/mol. The first-order valence-electron chi connectivity index (χ1n) is 6.61. The van der Waals surface area contributed by atoms with E-state index in [9.17, 15) is 9.59 Å². The third kappa shape index (κ3) is 3.70. The molecule has 0 rings (SSSR count). The summed E-state index contributed by atoms with van der Waals surface area (Å²) in [5.74, 6) is -1.12. The highest BCUT2D eigenvalue weighted by Gasteiger charge is 2.38. The van der Waals surface area contributed by atoms with Crippen LogP contribution in [0.1, 0.15) is 47.0 Å². The summed E-state index contributed by atoms with van der Waals surface area (Å²) in [7, 11) is 0. The van der Waals surface area contributed by atoms with Gasteiger partial charge in [0.15, 0.2) is 0 Å². The number of nitrogens with zero attached hydrogens (tertiary/aromatic N) is 1. The Kier molecular flexibility index (Phi) is 6.91. The van der Waals surface area contributed by atoms with Crippen LogP contribution in [0.5, 0.6) is 0 Å². The molecule has 5 heteroatoms. The molecule has 0 heterocycles. The fourth-order valence-corrected chi connectivity index (χ4v) is 2.03. The fraction of sp³-hybridized carbons (Fsp3) is 0.846. The van der Waals surface area contributed by atoms with E-state index in [0.29, 0.717) is 12.8 Å². The van der Waals surface area contributed by atoms with Gasteiger partial charge in [0.1, 0.15) is 6.54 Å². The van der Waals surface area contributed by atoms with Crippen molar-refractivity contribution in [2.45, 2.75) is 53.0 Å². The minimum absolute atomic E-state index is 0.0855. The average molecular weight is 258 g/mol. The highest BCUT2D eigenvalue weighted by Crippen LogP contribution is 2.28. The molecule has 0 aliphatic carbocycles. The van der Waals surface area contributed by atoms with Gasteiger partial charge in [0.25, 0.3) is 0 Å². The Bertz CT molecular complexity index is 280. The highest BCUT2D eigenvalue weighted by atomic mass is 16.4. The number of carboxylic acid groups (broad SMARTS) is 1. The lowest BCUT2D eigenvalue weighted by Crippen LogP contribution is -2.52. The zero-order valence-corrected chi connectivity index (χ0v) is 11.9. The molecule has 0 radical (unpaired) electrons. The van der Waals surface area contributed by atoms with Crippen molar-refractivity contribution in [2.75, 3.05) is 13.1 Å². The van der Waals surface area contributed by atoms with Crippen molar-refractivity contribution in [3.63, 3.8) is 0 Å². The molecular formula is C13H26N2O3. The Morgan fingerprint density at radius 3 is 2.06 bits per heavy atom. The SMILES string of the molecule is CCC(C)N(CC(=O)O)C(=O)C(CC)(CC)CN. The van der Waals surface area contributed by atoms with Crippen LogP contribution in [0.3, 0.4) is 0 Å². The largest absolute Gasteiger partial charge is 0.480 e. The van der Waals surface area contributed by atoms with Gasteiger partial charge < -0.3 is 15.7 Å². The second kappa shape index (κ2) is 7.36. The van der Waals surface area contributed by atoms with Crippen LogP contribution in [0.4, 0.5) is 0 Å². The lowest BCUT2D eigenvalue weighted by molar-refractivity contribution is -0.152. The topological polar surface area (TPSA) is 83.6 Å². The molecule has 1 unspecified atom stereocenters. The van der Waals surface area contributed by atoms with Gasteiger partial charge in [-0.25, -0.2) is 0 Å². The summed E-state index contributed by atoms with van der Waals surface area (Å²) in [6.07, 6.45) is 1.99. The molecular weight excluding hydrogens is 232 g/mol. The lowest BCUT2D eigenvalue weighted by Gasteiger charge is -2.37. The Hall–Kier alpha value is -1.10. The summed E-state index contributed by atoms with van der Waals surface area (Å²) in [4.78, 5) is 24.9. The number of carbonyl (C=O) groups is 2. The quantitative estimate of drug-likeness (QED) is 0.690. The van der Waals surface area contributed by atoms with Crippen molar-refractivity contribution in [1.29, 1.82) is 0 Å². The van der Waals surface area contributed by atoms with Crippen LogP contribution >= 0.6 is 0 Å². The molecule has 18 heavy (non-hydrogen) atoms. The van der Waals surface area contributed by atoms with Crippen LogP contribution < -0.4 is 5.73 Å². The van der Waals surface area contributed by atoms with Gasteiger partial charge >= 0.3 is 5.97 Å². The first-order valence-corrected chi connectivity index (χ1v) is 6.61. The third-order valence-electron chi connectivity index (χ3n) is 3.89. The average Bonchev–Trinajstić information content (AvgIpc) is 2.37. The van der Waals surface area contributed by atoms with Gasteiger partial charge in [0.2, 0.25) is 5.91 Å². The molecule has 5 nitrogen and oxygen atoms in total.